The third-order valence-corrected chi connectivity index (χ3v) is 4.59. The standard InChI is InChI=1S/C16H25F3N2O3/c17-16(18,19)11-24-10-14(22)21-8-4-5-12(9-21)15(23)20-13-6-2-1-3-7-13/h12-13H,1-11H2,(H,20,23). The molecule has 138 valence electrons. The minimum Gasteiger partial charge on any atom is -0.362 e. The molecule has 0 aromatic carbocycles. The lowest BCUT2D eigenvalue weighted by molar-refractivity contribution is -0.178. The number of amides is 2. The Balaban J connectivity index is 1.75. The van der Waals surface area contributed by atoms with Gasteiger partial charge < -0.3 is 15.0 Å². The normalized spacial score (nSPS) is 23.1. The van der Waals surface area contributed by atoms with Crippen LogP contribution in [0.4, 0.5) is 13.2 Å². The molecular formula is C16H25F3N2O3. The van der Waals surface area contributed by atoms with Gasteiger partial charge in [0, 0.05) is 19.1 Å². The molecule has 0 aromatic heterocycles. The van der Waals surface area contributed by atoms with Crippen molar-refractivity contribution in [3.8, 4) is 0 Å². The van der Waals surface area contributed by atoms with Crippen molar-refractivity contribution in [3.63, 3.8) is 0 Å². The van der Waals surface area contributed by atoms with Crippen LogP contribution >= 0.6 is 0 Å². The highest BCUT2D eigenvalue weighted by molar-refractivity contribution is 5.82. The molecule has 1 saturated carbocycles. The number of rotatable bonds is 5. The minimum absolute atomic E-state index is 0.0457. The van der Waals surface area contributed by atoms with Crippen LogP contribution in [0.15, 0.2) is 0 Å². The molecule has 24 heavy (non-hydrogen) atoms. The van der Waals surface area contributed by atoms with Gasteiger partial charge in [0.2, 0.25) is 11.8 Å². The zero-order valence-corrected chi connectivity index (χ0v) is 13.7. The summed E-state index contributed by atoms with van der Waals surface area (Å²) in [6, 6.07) is 0.215. The van der Waals surface area contributed by atoms with E-state index >= 15 is 0 Å². The molecule has 2 aliphatic rings. The summed E-state index contributed by atoms with van der Waals surface area (Å²) in [4.78, 5) is 25.7. The number of ether oxygens (including phenoxy) is 1. The first-order chi connectivity index (χ1) is 11.3. The molecule has 1 aliphatic heterocycles. The summed E-state index contributed by atoms with van der Waals surface area (Å²) in [5.74, 6) is -0.822. The zero-order valence-electron chi connectivity index (χ0n) is 13.7. The van der Waals surface area contributed by atoms with E-state index in [0.717, 1.165) is 25.7 Å². The molecule has 1 N–H and O–H groups in total. The van der Waals surface area contributed by atoms with E-state index in [0.29, 0.717) is 19.4 Å². The monoisotopic (exact) mass is 350 g/mol. The SMILES string of the molecule is O=C(NC1CCCCC1)C1CCCN(C(=O)COCC(F)(F)F)C1. The fraction of sp³-hybridized carbons (Fsp3) is 0.875. The predicted octanol–water partition coefficient (Wildman–Crippen LogP) is 2.25. The molecule has 5 nitrogen and oxygen atoms in total. The number of carbonyl (C=O) groups is 2. The number of carbonyl (C=O) groups excluding carboxylic acids is 2. The molecule has 8 heteroatoms. The Hall–Kier alpha value is -1.31. The number of nitrogens with zero attached hydrogens (tertiary/aromatic N) is 1. The molecule has 0 spiro atoms. The Bertz CT molecular complexity index is 437. The number of hydrogen-bond donors (Lipinski definition) is 1. The molecule has 1 atom stereocenters. The second-order valence-corrected chi connectivity index (χ2v) is 6.63. The zero-order chi connectivity index (χ0) is 17.6. The molecule has 2 amide bonds. The summed E-state index contributed by atoms with van der Waals surface area (Å²) in [7, 11) is 0. The summed E-state index contributed by atoms with van der Waals surface area (Å²) < 4.78 is 40.5. The highest BCUT2D eigenvalue weighted by Gasteiger charge is 2.31. The molecule has 0 radical (unpaired) electrons. The van der Waals surface area contributed by atoms with Gasteiger partial charge >= 0.3 is 6.18 Å². The Labute approximate surface area is 139 Å². The van der Waals surface area contributed by atoms with Crippen LogP contribution in [0, 0.1) is 5.92 Å². The maximum atomic E-state index is 12.4. The number of piperidine rings is 1. The molecule has 1 saturated heterocycles. The van der Waals surface area contributed by atoms with Crippen molar-refractivity contribution in [2.75, 3.05) is 26.3 Å². The van der Waals surface area contributed by atoms with Gasteiger partial charge in [0.15, 0.2) is 0 Å². The van der Waals surface area contributed by atoms with Crippen LogP contribution in [0.1, 0.15) is 44.9 Å². The average molecular weight is 350 g/mol. The number of likely N-dealkylation sites (tertiary alicyclic amines) is 1. The topological polar surface area (TPSA) is 58.6 Å². The van der Waals surface area contributed by atoms with Gasteiger partial charge in [0.25, 0.3) is 0 Å². The summed E-state index contributed by atoms with van der Waals surface area (Å²) >= 11 is 0. The lowest BCUT2D eigenvalue weighted by atomic mass is 9.93. The van der Waals surface area contributed by atoms with Crippen LogP contribution in [-0.2, 0) is 14.3 Å². The molecule has 1 unspecified atom stereocenters. The second kappa shape index (κ2) is 8.69. The van der Waals surface area contributed by atoms with Crippen molar-refractivity contribution in [3.05, 3.63) is 0 Å². The van der Waals surface area contributed by atoms with Crippen LogP contribution in [-0.4, -0.2) is 55.2 Å². The second-order valence-electron chi connectivity index (χ2n) is 6.63. The molecule has 1 aliphatic carbocycles. The summed E-state index contributed by atoms with van der Waals surface area (Å²) in [5.41, 5.74) is 0. The van der Waals surface area contributed by atoms with E-state index < -0.39 is 25.3 Å². The number of nitrogens with one attached hydrogen (secondary N) is 1. The van der Waals surface area contributed by atoms with Gasteiger partial charge in [-0.1, -0.05) is 19.3 Å². The quantitative estimate of drug-likeness (QED) is 0.827. The number of halogens is 3. The van der Waals surface area contributed by atoms with E-state index in [1.165, 1.54) is 11.3 Å². The van der Waals surface area contributed by atoms with Crippen LogP contribution in [0.25, 0.3) is 0 Å². The molecule has 0 bridgehead atoms. The predicted molar refractivity (Wildman–Crippen MR) is 81.2 cm³/mol. The van der Waals surface area contributed by atoms with Gasteiger partial charge in [-0.05, 0) is 25.7 Å². The van der Waals surface area contributed by atoms with Crippen LogP contribution in [0.5, 0.6) is 0 Å². The van der Waals surface area contributed by atoms with Crippen molar-refractivity contribution in [1.82, 2.24) is 10.2 Å². The average Bonchev–Trinajstić information content (AvgIpc) is 2.54. The number of alkyl halides is 3. The lowest BCUT2D eigenvalue weighted by Gasteiger charge is -2.33. The van der Waals surface area contributed by atoms with Gasteiger partial charge in [0.1, 0.15) is 13.2 Å². The summed E-state index contributed by atoms with van der Waals surface area (Å²) in [6.45, 7) is -1.32. The fourth-order valence-corrected chi connectivity index (χ4v) is 3.33. The van der Waals surface area contributed by atoms with Crippen molar-refractivity contribution >= 4 is 11.8 Å². The smallest absolute Gasteiger partial charge is 0.362 e. The Morgan fingerprint density at radius 2 is 1.79 bits per heavy atom. The third kappa shape index (κ3) is 6.30. The first kappa shape index (κ1) is 19.0. The minimum atomic E-state index is -4.44. The maximum absolute atomic E-state index is 12.4. The van der Waals surface area contributed by atoms with E-state index in [1.807, 2.05) is 0 Å². The number of hydrogen-bond acceptors (Lipinski definition) is 3. The van der Waals surface area contributed by atoms with Gasteiger partial charge in [-0.3, -0.25) is 9.59 Å². The van der Waals surface area contributed by atoms with E-state index in [2.05, 4.69) is 10.1 Å². The highest BCUT2D eigenvalue weighted by Crippen LogP contribution is 2.21. The van der Waals surface area contributed by atoms with Gasteiger partial charge in [-0.2, -0.15) is 13.2 Å². The van der Waals surface area contributed by atoms with Crippen molar-refractivity contribution in [2.24, 2.45) is 5.92 Å². The van der Waals surface area contributed by atoms with Crippen molar-refractivity contribution in [2.45, 2.75) is 57.2 Å². The molecule has 1 heterocycles. The van der Waals surface area contributed by atoms with E-state index in [-0.39, 0.29) is 24.4 Å². The fourth-order valence-electron chi connectivity index (χ4n) is 3.33. The summed E-state index contributed by atoms with van der Waals surface area (Å²) in [6.07, 6.45) is 2.37. The highest BCUT2D eigenvalue weighted by atomic mass is 19.4. The Kier molecular flexibility index (Phi) is 6.89. The largest absolute Gasteiger partial charge is 0.411 e. The van der Waals surface area contributed by atoms with Crippen LogP contribution in [0.3, 0.4) is 0 Å². The molecule has 0 aromatic rings. The third-order valence-electron chi connectivity index (χ3n) is 4.59. The van der Waals surface area contributed by atoms with E-state index in [4.69, 9.17) is 0 Å². The molecular weight excluding hydrogens is 325 g/mol. The van der Waals surface area contributed by atoms with Crippen molar-refractivity contribution < 1.29 is 27.5 Å². The lowest BCUT2D eigenvalue weighted by Crippen LogP contribution is -2.48. The molecule has 2 fully saturated rings. The maximum Gasteiger partial charge on any atom is 0.411 e. The summed E-state index contributed by atoms with van der Waals surface area (Å²) in [5, 5.41) is 3.05. The Morgan fingerprint density at radius 1 is 1.08 bits per heavy atom. The van der Waals surface area contributed by atoms with E-state index in [9.17, 15) is 22.8 Å². The first-order valence-electron chi connectivity index (χ1n) is 8.58. The first-order valence-corrected chi connectivity index (χ1v) is 8.58. The van der Waals surface area contributed by atoms with Gasteiger partial charge in [0.05, 0.1) is 5.92 Å². The van der Waals surface area contributed by atoms with Gasteiger partial charge in [-0.25, -0.2) is 0 Å². The van der Waals surface area contributed by atoms with E-state index in [1.54, 1.807) is 0 Å². The molecule has 2 rings (SSSR count). The van der Waals surface area contributed by atoms with Crippen LogP contribution in [0.2, 0.25) is 0 Å². The Morgan fingerprint density at radius 3 is 2.46 bits per heavy atom. The van der Waals surface area contributed by atoms with Gasteiger partial charge in [-0.15, -0.1) is 0 Å². The van der Waals surface area contributed by atoms with Crippen LogP contribution < -0.4 is 5.32 Å². The van der Waals surface area contributed by atoms with Crippen molar-refractivity contribution in [1.29, 1.82) is 0 Å².